The molecule has 17 heavy (non-hydrogen) atoms. The third kappa shape index (κ3) is 2.38. The van der Waals surface area contributed by atoms with Gasteiger partial charge in [0.25, 0.3) is 0 Å². The lowest BCUT2D eigenvalue weighted by Gasteiger charge is -2.00. The van der Waals surface area contributed by atoms with Crippen molar-refractivity contribution >= 4 is 6.03 Å². The highest BCUT2D eigenvalue weighted by Crippen LogP contribution is 2.05. The fourth-order valence-corrected chi connectivity index (χ4v) is 1.48. The number of rotatable bonds is 2. The first-order valence-electron chi connectivity index (χ1n) is 5.40. The number of nitrogens with zero attached hydrogens (tertiary/aromatic N) is 6. The van der Waals surface area contributed by atoms with E-state index in [1.54, 1.807) is 6.92 Å². The maximum absolute atomic E-state index is 11.9. The molecule has 2 heterocycles. The van der Waals surface area contributed by atoms with Gasteiger partial charge in [-0.1, -0.05) is 13.8 Å². The highest BCUT2D eigenvalue weighted by molar-refractivity contribution is 5.77. The molecule has 90 valence electrons. The average molecular weight is 234 g/mol. The quantitative estimate of drug-likeness (QED) is 0.771. The van der Waals surface area contributed by atoms with Crippen LogP contribution in [0.5, 0.6) is 0 Å². The molecule has 0 aromatic carbocycles. The summed E-state index contributed by atoms with van der Waals surface area (Å²) in [6.07, 6.45) is 3.39. The van der Waals surface area contributed by atoms with E-state index in [1.807, 2.05) is 0 Å². The number of carbonyl (C=O) groups is 1. The molecule has 0 saturated heterocycles. The van der Waals surface area contributed by atoms with Gasteiger partial charge < -0.3 is 0 Å². The Bertz CT molecular complexity index is 513. The van der Waals surface area contributed by atoms with E-state index in [2.05, 4.69) is 34.0 Å². The number of hydrogen-bond donors (Lipinski definition) is 0. The minimum absolute atomic E-state index is 0.373. The lowest BCUT2D eigenvalue weighted by Crippen LogP contribution is -2.22. The third-order valence-corrected chi connectivity index (χ3v) is 2.20. The molecule has 7 nitrogen and oxygen atoms in total. The molecule has 0 amide bonds. The van der Waals surface area contributed by atoms with E-state index in [-0.39, 0.29) is 6.03 Å². The molecular weight excluding hydrogens is 220 g/mol. The van der Waals surface area contributed by atoms with Gasteiger partial charge >= 0.3 is 6.03 Å². The molecule has 0 saturated carbocycles. The van der Waals surface area contributed by atoms with E-state index in [9.17, 15) is 4.79 Å². The lowest BCUT2D eigenvalue weighted by atomic mass is 10.1. The molecule has 0 fully saturated rings. The van der Waals surface area contributed by atoms with Crippen LogP contribution >= 0.6 is 0 Å². The van der Waals surface area contributed by atoms with Crippen molar-refractivity contribution in [1.29, 1.82) is 0 Å². The minimum Gasteiger partial charge on any atom is -0.243 e. The van der Waals surface area contributed by atoms with Crippen LogP contribution in [0.4, 0.5) is 4.79 Å². The largest absolute Gasteiger partial charge is 0.372 e. The van der Waals surface area contributed by atoms with Gasteiger partial charge in [-0.3, -0.25) is 0 Å². The van der Waals surface area contributed by atoms with Gasteiger partial charge in [-0.15, -0.1) is 5.10 Å². The molecule has 0 radical (unpaired) electrons. The Morgan fingerprint density at radius 1 is 1.47 bits per heavy atom. The maximum atomic E-state index is 11.9. The summed E-state index contributed by atoms with van der Waals surface area (Å²) in [5, 5.41) is 7.94. The number of hydrogen-bond acceptors (Lipinski definition) is 5. The van der Waals surface area contributed by atoms with Crippen molar-refractivity contribution in [2.45, 2.75) is 27.2 Å². The van der Waals surface area contributed by atoms with Crippen LogP contribution in [-0.2, 0) is 6.42 Å². The number of aryl methyl sites for hydroxylation is 1. The third-order valence-electron chi connectivity index (χ3n) is 2.20. The Balaban J connectivity index is 2.27. The molecular formula is C10H14N6O. The molecule has 2 aromatic heterocycles. The smallest absolute Gasteiger partial charge is 0.243 e. The molecule has 0 aliphatic heterocycles. The van der Waals surface area contributed by atoms with Crippen molar-refractivity contribution in [2.75, 3.05) is 0 Å². The van der Waals surface area contributed by atoms with Gasteiger partial charge in [0.15, 0.2) is 5.82 Å². The SMILES string of the molecule is Cc1nc(CC(C)C)nn1C(=O)n1cncn1. The van der Waals surface area contributed by atoms with E-state index in [4.69, 9.17) is 0 Å². The standard InChI is InChI=1S/C10H14N6O/c1-7(2)4-9-13-8(3)16(14-9)10(17)15-6-11-5-12-15/h5-7H,4H2,1-3H3. The van der Waals surface area contributed by atoms with Crippen LogP contribution in [0.3, 0.4) is 0 Å². The number of carbonyl (C=O) groups excluding carboxylic acids is 1. The second kappa shape index (κ2) is 4.44. The van der Waals surface area contributed by atoms with Gasteiger partial charge in [-0.2, -0.15) is 14.5 Å². The first-order valence-corrected chi connectivity index (χ1v) is 5.40. The second-order valence-corrected chi connectivity index (χ2v) is 4.21. The van der Waals surface area contributed by atoms with E-state index in [0.717, 1.165) is 11.1 Å². The van der Waals surface area contributed by atoms with Gasteiger partial charge in [0, 0.05) is 6.42 Å². The zero-order chi connectivity index (χ0) is 12.4. The van der Waals surface area contributed by atoms with Crippen LogP contribution in [0.2, 0.25) is 0 Å². The van der Waals surface area contributed by atoms with Crippen LogP contribution in [0, 0.1) is 12.8 Å². The molecule has 2 aromatic rings. The summed E-state index contributed by atoms with van der Waals surface area (Å²) in [5.41, 5.74) is 0. The fourth-order valence-electron chi connectivity index (χ4n) is 1.48. The van der Waals surface area contributed by atoms with Gasteiger partial charge in [0.1, 0.15) is 18.5 Å². The first kappa shape index (κ1) is 11.4. The first-order chi connectivity index (χ1) is 8.08. The summed E-state index contributed by atoms with van der Waals surface area (Å²) in [4.78, 5) is 19.9. The van der Waals surface area contributed by atoms with Crippen molar-refractivity contribution in [3.05, 3.63) is 24.3 Å². The summed E-state index contributed by atoms with van der Waals surface area (Å²) in [6, 6.07) is -0.373. The van der Waals surface area contributed by atoms with E-state index < -0.39 is 0 Å². The van der Waals surface area contributed by atoms with Crippen molar-refractivity contribution < 1.29 is 4.79 Å². The normalized spacial score (nSPS) is 11.1. The molecule has 0 unspecified atom stereocenters. The predicted molar refractivity (Wildman–Crippen MR) is 59.5 cm³/mol. The van der Waals surface area contributed by atoms with Crippen LogP contribution in [0.15, 0.2) is 12.7 Å². The van der Waals surface area contributed by atoms with Crippen LogP contribution < -0.4 is 0 Å². The zero-order valence-electron chi connectivity index (χ0n) is 10.0. The van der Waals surface area contributed by atoms with Gasteiger partial charge in [0.2, 0.25) is 0 Å². The second-order valence-electron chi connectivity index (χ2n) is 4.21. The number of aromatic nitrogens is 6. The molecule has 0 bridgehead atoms. The molecule has 7 heteroatoms. The maximum Gasteiger partial charge on any atom is 0.372 e. The van der Waals surface area contributed by atoms with Crippen molar-refractivity contribution in [3.8, 4) is 0 Å². The minimum atomic E-state index is -0.373. The highest BCUT2D eigenvalue weighted by Gasteiger charge is 2.15. The van der Waals surface area contributed by atoms with E-state index >= 15 is 0 Å². The molecule has 0 aliphatic rings. The van der Waals surface area contributed by atoms with Gasteiger partial charge in [0.05, 0.1) is 0 Å². The van der Waals surface area contributed by atoms with E-state index in [0.29, 0.717) is 17.6 Å². The monoisotopic (exact) mass is 234 g/mol. The van der Waals surface area contributed by atoms with Crippen molar-refractivity contribution in [2.24, 2.45) is 5.92 Å². The van der Waals surface area contributed by atoms with Crippen LogP contribution in [-0.4, -0.2) is 35.6 Å². The summed E-state index contributed by atoms with van der Waals surface area (Å²) >= 11 is 0. The topological polar surface area (TPSA) is 78.5 Å². The molecule has 2 rings (SSSR count). The zero-order valence-corrected chi connectivity index (χ0v) is 10.0. The van der Waals surface area contributed by atoms with Gasteiger partial charge in [-0.05, 0) is 12.8 Å². The van der Waals surface area contributed by atoms with Crippen LogP contribution in [0.1, 0.15) is 25.5 Å². The molecule has 0 aliphatic carbocycles. The lowest BCUT2D eigenvalue weighted by molar-refractivity contribution is 0.237. The van der Waals surface area contributed by atoms with Crippen LogP contribution in [0.25, 0.3) is 0 Å². The predicted octanol–water partition coefficient (Wildman–Crippen LogP) is 0.893. The molecule has 0 N–H and O–H groups in total. The average Bonchev–Trinajstić information content (AvgIpc) is 2.85. The van der Waals surface area contributed by atoms with Gasteiger partial charge in [-0.25, -0.2) is 14.8 Å². The summed E-state index contributed by atoms with van der Waals surface area (Å²) in [5.74, 6) is 1.68. The molecule has 0 atom stereocenters. The highest BCUT2D eigenvalue weighted by atomic mass is 16.2. The Kier molecular flexibility index (Phi) is 2.99. The molecule has 0 spiro atoms. The van der Waals surface area contributed by atoms with Crippen molar-refractivity contribution in [1.82, 2.24) is 29.5 Å². The Hall–Kier alpha value is -2.05. The summed E-state index contributed by atoms with van der Waals surface area (Å²) < 4.78 is 2.37. The summed E-state index contributed by atoms with van der Waals surface area (Å²) in [7, 11) is 0. The summed E-state index contributed by atoms with van der Waals surface area (Å²) in [6.45, 7) is 5.90. The fraction of sp³-hybridized carbons (Fsp3) is 0.500. The Labute approximate surface area is 98.5 Å². The van der Waals surface area contributed by atoms with Crippen molar-refractivity contribution in [3.63, 3.8) is 0 Å². The van der Waals surface area contributed by atoms with E-state index in [1.165, 1.54) is 17.3 Å². The Morgan fingerprint density at radius 3 is 2.82 bits per heavy atom. The Morgan fingerprint density at radius 2 is 2.24 bits per heavy atom.